The Hall–Kier alpha value is -0.830. The van der Waals surface area contributed by atoms with Gasteiger partial charge in [0, 0.05) is 18.5 Å². The van der Waals surface area contributed by atoms with Gasteiger partial charge < -0.3 is 0 Å². The van der Waals surface area contributed by atoms with Gasteiger partial charge in [0.25, 0.3) is 0 Å². The molecular weight excluding hydrogens is 126 g/mol. The highest BCUT2D eigenvalue weighted by Crippen LogP contribution is 1.91. The van der Waals surface area contributed by atoms with E-state index in [9.17, 15) is 0 Å². The molecule has 1 heterocycles. The standard InChI is InChI=1S/C7H13N3/c1-7(2)9-10-5-3-4-8-6-10/h3-5,7,9H,6H2,1-2H3. The molecule has 0 aromatic rings. The molecule has 56 valence electrons. The first-order chi connectivity index (χ1) is 4.79. The van der Waals surface area contributed by atoms with Gasteiger partial charge in [-0.1, -0.05) is 0 Å². The van der Waals surface area contributed by atoms with Crippen LogP contribution in [0.5, 0.6) is 0 Å². The maximum atomic E-state index is 4.06. The number of allylic oxidation sites excluding steroid dienone is 1. The predicted molar refractivity (Wildman–Crippen MR) is 42.6 cm³/mol. The molecule has 0 aromatic carbocycles. The second-order valence-corrected chi connectivity index (χ2v) is 2.57. The molecule has 10 heavy (non-hydrogen) atoms. The van der Waals surface area contributed by atoms with Gasteiger partial charge in [0.1, 0.15) is 6.67 Å². The van der Waals surface area contributed by atoms with Crippen LogP contribution in [0.15, 0.2) is 17.3 Å². The SMILES string of the molecule is CC(C)NN1C=CC=NC1. The van der Waals surface area contributed by atoms with Crippen LogP contribution in [-0.4, -0.2) is 23.9 Å². The zero-order valence-electron chi connectivity index (χ0n) is 6.41. The summed E-state index contributed by atoms with van der Waals surface area (Å²) >= 11 is 0. The third-order valence-corrected chi connectivity index (χ3v) is 1.12. The third-order valence-electron chi connectivity index (χ3n) is 1.12. The van der Waals surface area contributed by atoms with Gasteiger partial charge >= 0.3 is 0 Å². The molecular formula is C7H13N3. The number of hydrogen-bond donors (Lipinski definition) is 1. The molecule has 0 atom stereocenters. The molecule has 1 rings (SSSR count). The van der Waals surface area contributed by atoms with Crippen molar-refractivity contribution < 1.29 is 0 Å². The fraction of sp³-hybridized carbons (Fsp3) is 0.571. The molecule has 0 saturated heterocycles. The lowest BCUT2D eigenvalue weighted by atomic mass is 10.4. The largest absolute Gasteiger partial charge is 0.294 e. The summed E-state index contributed by atoms with van der Waals surface area (Å²) in [7, 11) is 0. The first-order valence-corrected chi connectivity index (χ1v) is 3.48. The van der Waals surface area contributed by atoms with Crippen molar-refractivity contribution in [3.63, 3.8) is 0 Å². The lowest BCUT2D eigenvalue weighted by Gasteiger charge is -2.23. The molecule has 1 aliphatic heterocycles. The summed E-state index contributed by atoms with van der Waals surface area (Å²) in [4.78, 5) is 4.06. The van der Waals surface area contributed by atoms with Crippen LogP contribution in [0.4, 0.5) is 0 Å². The van der Waals surface area contributed by atoms with Crippen LogP contribution in [0, 0.1) is 0 Å². The molecule has 0 bridgehead atoms. The highest BCUT2D eigenvalue weighted by molar-refractivity contribution is 5.71. The lowest BCUT2D eigenvalue weighted by Crippen LogP contribution is -2.39. The Balaban J connectivity index is 2.30. The van der Waals surface area contributed by atoms with Gasteiger partial charge in [-0.3, -0.25) is 10.0 Å². The fourth-order valence-electron chi connectivity index (χ4n) is 0.801. The smallest absolute Gasteiger partial charge is 0.124 e. The number of rotatable bonds is 2. The minimum absolute atomic E-state index is 0.470. The Kier molecular flexibility index (Phi) is 2.45. The Morgan fingerprint density at radius 1 is 1.60 bits per heavy atom. The van der Waals surface area contributed by atoms with Crippen LogP contribution in [-0.2, 0) is 0 Å². The summed E-state index contributed by atoms with van der Waals surface area (Å²) < 4.78 is 0. The molecule has 1 aliphatic rings. The molecule has 0 amide bonds. The predicted octanol–water partition coefficient (Wildman–Crippen LogP) is 0.757. The van der Waals surface area contributed by atoms with Gasteiger partial charge in [-0.2, -0.15) is 0 Å². The average molecular weight is 139 g/mol. The zero-order chi connectivity index (χ0) is 7.40. The van der Waals surface area contributed by atoms with E-state index < -0.39 is 0 Å². The average Bonchev–Trinajstić information content (AvgIpc) is 1.88. The zero-order valence-corrected chi connectivity index (χ0v) is 6.41. The maximum absolute atomic E-state index is 4.06. The highest BCUT2D eigenvalue weighted by atomic mass is 15.5. The van der Waals surface area contributed by atoms with Crippen molar-refractivity contribution in [1.29, 1.82) is 0 Å². The van der Waals surface area contributed by atoms with Gasteiger partial charge in [-0.15, -0.1) is 0 Å². The van der Waals surface area contributed by atoms with Gasteiger partial charge in [-0.25, -0.2) is 5.43 Å². The van der Waals surface area contributed by atoms with E-state index >= 15 is 0 Å². The summed E-state index contributed by atoms with van der Waals surface area (Å²) in [6.45, 7) is 4.92. The fourth-order valence-corrected chi connectivity index (χ4v) is 0.801. The van der Waals surface area contributed by atoms with E-state index in [1.54, 1.807) is 6.21 Å². The van der Waals surface area contributed by atoms with E-state index in [1.165, 1.54) is 0 Å². The van der Waals surface area contributed by atoms with Gasteiger partial charge in [0.05, 0.1) is 0 Å². The Morgan fingerprint density at radius 3 is 2.90 bits per heavy atom. The summed E-state index contributed by atoms with van der Waals surface area (Å²) in [5, 5.41) is 1.96. The lowest BCUT2D eigenvalue weighted by molar-refractivity contribution is 0.248. The highest BCUT2D eigenvalue weighted by Gasteiger charge is 1.99. The first-order valence-electron chi connectivity index (χ1n) is 3.48. The van der Waals surface area contributed by atoms with Crippen molar-refractivity contribution in [3.05, 3.63) is 12.3 Å². The number of nitrogens with zero attached hydrogens (tertiary/aromatic N) is 2. The van der Waals surface area contributed by atoms with Crippen molar-refractivity contribution >= 4 is 6.21 Å². The summed E-state index contributed by atoms with van der Waals surface area (Å²) in [6, 6.07) is 0.470. The molecule has 0 fully saturated rings. The van der Waals surface area contributed by atoms with E-state index in [0.29, 0.717) is 12.7 Å². The van der Waals surface area contributed by atoms with Gasteiger partial charge in [-0.05, 0) is 19.9 Å². The second kappa shape index (κ2) is 3.37. The van der Waals surface area contributed by atoms with Gasteiger partial charge in [0.2, 0.25) is 0 Å². The summed E-state index contributed by atoms with van der Waals surface area (Å²) in [5.41, 5.74) is 3.21. The Bertz CT molecular complexity index is 149. The van der Waals surface area contributed by atoms with E-state index in [2.05, 4.69) is 24.3 Å². The van der Waals surface area contributed by atoms with E-state index in [4.69, 9.17) is 0 Å². The van der Waals surface area contributed by atoms with Crippen LogP contribution in [0.3, 0.4) is 0 Å². The van der Waals surface area contributed by atoms with E-state index in [1.807, 2.05) is 17.3 Å². The Morgan fingerprint density at radius 2 is 2.40 bits per heavy atom. The van der Waals surface area contributed by atoms with Crippen molar-refractivity contribution in [1.82, 2.24) is 10.4 Å². The van der Waals surface area contributed by atoms with Crippen molar-refractivity contribution in [2.75, 3.05) is 6.67 Å². The Labute approximate surface area is 61.4 Å². The minimum Gasteiger partial charge on any atom is -0.294 e. The molecule has 0 aromatic heterocycles. The van der Waals surface area contributed by atoms with Crippen LogP contribution < -0.4 is 5.43 Å². The number of aliphatic imine (C=N–C) groups is 1. The molecule has 0 aliphatic carbocycles. The van der Waals surface area contributed by atoms with Crippen molar-refractivity contribution in [2.24, 2.45) is 4.99 Å². The topological polar surface area (TPSA) is 27.6 Å². The first kappa shape index (κ1) is 7.28. The van der Waals surface area contributed by atoms with E-state index in [-0.39, 0.29) is 0 Å². The molecule has 3 nitrogen and oxygen atoms in total. The second-order valence-electron chi connectivity index (χ2n) is 2.57. The number of hydrogen-bond acceptors (Lipinski definition) is 3. The summed E-state index contributed by atoms with van der Waals surface area (Å²) in [6.07, 6.45) is 5.70. The van der Waals surface area contributed by atoms with Crippen LogP contribution in [0.2, 0.25) is 0 Å². The minimum atomic E-state index is 0.470. The third kappa shape index (κ3) is 2.19. The quantitative estimate of drug-likeness (QED) is 0.611. The maximum Gasteiger partial charge on any atom is 0.124 e. The number of nitrogens with one attached hydrogen (secondary N) is 1. The van der Waals surface area contributed by atoms with Crippen LogP contribution >= 0.6 is 0 Å². The molecule has 3 heteroatoms. The molecule has 0 saturated carbocycles. The molecule has 0 unspecified atom stereocenters. The van der Waals surface area contributed by atoms with Crippen molar-refractivity contribution in [3.8, 4) is 0 Å². The summed E-state index contributed by atoms with van der Waals surface area (Å²) in [5.74, 6) is 0. The van der Waals surface area contributed by atoms with Crippen LogP contribution in [0.1, 0.15) is 13.8 Å². The normalized spacial score (nSPS) is 16.9. The molecule has 0 spiro atoms. The monoisotopic (exact) mass is 139 g/mol. The van der Waals surface area contributed by atoms with Gasteiger partial charge in [0.15, 0.2) is 0 Å². The van der Waals surface area contributed by atoms with Crippen LogP contribution in [0.25, 0.3) is 0 Å². The van der Waals surface area contributed by atoms with E-state index in [0.717, 1.165) is 0 Å². The molecule has 0 radical (unpaired) electrons. The van der Waals surface area contributed by atoms with Crippen molar-refractivity contribution in [2.45, 2.75) is 19.9 Å². The number of hydrazine groups is 1. The molecule has 1 N–H and O–H groups in total.